The molecule has 0 aromatic rings. The van der Waals surface area contributed by atoms with Gasteiger partial charge < -0.3 is 68.9 Å². The standard InChI is InChI=1S/C10H22O7.C8H16O2.5C3H3O.5Y/c11-1-9(2-12,3-13)7-17-8-10(4-14,5-15)6-16;1-8(9)6-4-3-5-7-10-2;5*1-2-3-4;;;;;/h11-16H,1-8H2;3-7H2,1-2H3;5*2H,1H2;;;;;/q;;5*-1;;;;;. The van der Waals surface area contributed by atoms with E-state index in [1.54, 1.807) is 14.0 Å². The SMILES string of the molecule is C=C[C-]=O.C=C[C-]=O.C=C[C-]=O.C=C[C-]=O.C=C[C-]=O.COCCCCCC(C)=O.OCC(CO)(CO)COCC(CO)(CO)CO.[Y].[Y].[Y].[Y].[Y]. The second-order valence-electron chi connectivity index (χ2n) is 8.56. The molecule has 0 spiro atoms. The van der Waals surface area contributed by atoms with E-state index in [9.17, 15) is 4.79 Å². The van der Waals surface area contributed by atoms with Crippen LogP contribution in [0.4, 0.5) is 0 Å². The van der Waals surface area contributed by atoms with Gasteiger partial charge in [0.2, 0.25) is 0 Å². The van der Waals surface area contributed by atoms with E-state index in [1.807, 2.05) is 0 Å². The number of ketones is 1. The molecule has 0 aromatic heterocycles. The zero-order valence-electron chi connectivity index (χ0n) is 30.5. The molecule has 52 heavy (non-hydrogen) atoms. The van der Waals surface area contributed by atoms with Crippen LogP contribution in [0.15, 0.2) is 63.3 Å². The van der Waals surface area contributed by atoms with E-state index in [1.165, 1.54) is 31.4 Å². The number of hydrogen-bond donors (Lipinski definition) is 6. The van der Waals surface area contributed by atoms with Crippen LogP contribution >= 0.6 is 0 Å². The molecule has 0 aliphatic carbocycles. The number of aliphatic hydroxyl groups excluding tert-OH is 6. The second kappa shape index (κ2) is 81.2. The van der Waals surface area contributed by atoms with Crippen LogP contribution in [-0.4, -0.2) is 134 Å². The van der Waals surface area contributed by atoms with Gasteiger partial charge in [-0.3, -0.25) is 0 Å². The molecule has 19 heteroatoms. The number of unbranched alkanes of at least 4 members (excludes halogenated alkanes) is 2. The van der Waals surface area contributed by atoms with Crippen LogP contribution in [0.5, 0.6) is 0 Å². The number of Topliss-reactive ketones (excluding diaryl/α,β-unsaturated/α-hetero) is 1. The summed E-state index contributed by atoms with van der Waals surface area (Å²) in [5, 5.41) is 54.2. The molecule has 0 aliphatic heterocycles. The molecule has 0 heterocycles. The van der Waals surface area contributed by atoms with Crippen molar-refractivity contribution in [1.82, 2.24) is 0 Å². The summed E-state index contributed by atoms with van der Waals surface area (Å²) in [6.45, 7) is 14.7. The second-order valence-corrected chi connectivity index (χ2v) is 8.56. The number of methoxy groups -OCH3 is 1. The summed E-state index contributed by atoms with van der Waals surface area (Å²) >= 11 is 0. The smallest absolute Gasteiger partial charge is 0.129 e. The van der Waals surface area contributed by atoms with Gasteiger partial charge in [0.05, 0.1) is 63.7 Å². The number of aliphatic hydroxyl groups is 6. The Morgan fingerprint density at radius 1 is 0.538 bits per heavy atom. The Kier molecular flexibility index (Phi) is 134. The van der Waals surface area contributed by atoms with Crippen molar-refractivity contribution >= 4 is 37.2 Å². The number of ether oxygens (including phenoxy) is 2. The van der Waals surface area contributed by atoms with Crippen LogP contribution in [0.1, 0.15) is 32.6 Å². The van der Waals surface area contributed by atoms with Crippen molar-refractivity contribution in [2.45, 2.75) is 32.6 Å². The van der Waals surface area contributed by atoms with Crippen molar-refractivity contribution < 1.29 is 232 Å². The average Bonchev–Trinajstić information content (AvgIpc) is 3.12. The molecule has 0 unspecified atom stereocenters. The van der Waals surface area contributed by atoms with Gasteiger partial charge in [-0.2, -0.15) is 0 Å². The molecule has 6 N–H and O–H groups in total. The third-order valence-electron chi connectivity index (χ3n) is 4.62. The van der Waals surface area contributed by atoms with Crippen LogP contribution in [-0.2, 0) is 202 Å². The van der Waals surface area contributed by atoms with Crippen LogP contribution in [0.3, 0.4) is 0 Å². The largest absolute Gasteiger partial charge is 0.419 e. The molecule has 0 rings (SSSR count). The Labute approximate surface area is 436 Å². The number of hydrogen-bond acceptors (Lipinski definition) is 14. The topological polar surface area (TPSA) is 242 Å². The van der Waals surface area contributed by atoms with Crippen LogP contribution in [0, 0.1) is 10.8 Å². The normalized spacial score (nSPS) is 8.08. The van der Waals surface area contributed by atoms with Gasteiger partial charge in [-0.1, -0.05) is 6.42 Å². The summed E-state index contributed by atoms with van der Waals surface area (Å²) in [6, 6.07) is 0. The van der Waals surface area contributed by atoms with Gasteiger partial charge in [-0.25, -0.2) is 63.3 Å². The molecule has 0 bridgehead atoms. The van der Waals surface area contributed by atoms with Crippen molar-refractivity contribution in [2.24, 2.45) is 10.8 Å². The van der Waals surface area contributed by atoms with E-state index in [-0.39, 0.29) is 183 Å². The first-order valence-electron chi connectivity index (χ1n) is 13.6. The molecule has 0 saturated carbocycles. The Morgan fingerprint density at radius 3 is 0.923 bits per heavy atom. The molecule has 0 fully saturated rings. The van der Waals surface area contributed by atoms with Crippen LogP contribution < -0.4 is 0 Å². The molecule has 0 aliphatic rings. The molecule has 14 nitrogen and oxygen atoms in total. The van der Waals surface area contributed by atoms with E-state index >= 15 is 0 Å². The summed E-state index contributed by atoms with van der Waals surface area (Å²) in [5.74, 6) is 0.289. The molecular formula is C33H53O14Y5-5. The van der Waals surface area contributed by atoms with Gasteiger partial charge in [0.25, 0.3) is 0 Å². The third kappa shape index (κ3) is 84.5. The van der Waals surface area contributed by atoms with Gasteiger partial charge in [0.1, 0.15) is 5.78 Å². The Morgan fingerprint density at radius 2 is 0.769 bits per heavy atom. The maximum Gasteiger partial charge on any atom is 0.129 e. The minimum absolute atomic E-state index is 0. The van der Waals surface area contributed by atoms with E-state index in [2.05, 4.69) is 32.9 Å². The molecule has 0 atom stereocenters. The Hall–Kier alpha value is 1.92. The summed E-state index contributed by atoms with van der Waals surface area (Å²) < 4.78 is 10.0. The monoisotopic (exact) mass is 1120 g/mol. The van der Waals surface area contributed by atoms with Gasteiger partial charge in [0, 0.05) is 184 Å². The maximum absolute atomic E-state index is 10.4. The minimum atomic E-state index is -1.16. The minimum Gasteiger partial charge on any atom is -0.419 e. The summed E-state index contributed by atoms with van der Waals surface area (Å²) in [5.41, 5.74) is -2.32. The third-order valence-corrected chi connectivity index (χ3v) is 4.62. The van der Waals surface area contributed by atoms with Gasteiger partial charge >= 0.3 is 0 Å². The maximum atomic E-state index is 10.4. The fourth-order valence-corrected chi connectivity index (χ4v) is 1.86. The quantitative estimate of drug-likeness (QED) is 0.0509. The molecule has 0 amide bonds. The van der Waals surface area contributed by atoms with E-state index in [0.717, 1.165) is 62.7 Å². The number of allylic oxidation sites excluding steroid dienone is 5. The molecule has 0 saturated heterocycles. The van der Waals surface area contributed by atoms with Crippen LogP contribution in [0.2, 0.25) is 0 Å². The van der Waals surface area contributed by atoms with Crippen molar-refractivity contribution in [3.63, 3.8) is 0 Å². The predicted molar refractivity (Wildman–Crippen MR) is 179 cm³/mol. The molecular weight excluding hydrogens is 1060 g/mol. The van der Waals surface area contributed by atoms with Crippen LogP contribution in [0.25, 0.3) is 0 Å². The fraction of sp³-hybridized carbons (Fsp3) is 0.515. The van der Waals surface area contributed by atoms with Gasteiger partial charge in [-0.05, 0) is 51.2 Å². The summed E-state index contributed by atoms with van der Waals surface area (Å²) in [4.78, 5) is 55.1. The van der Waals surface area contributed by atoms with E-state index in [4.69, 9.17) is 64.1 Å². The first-order chi connectivity index (χ1) is 22.4. The number of carbonyl (C=O) groups excluding carboxylic acids is 6. The predicted octanol–water partition coefficient (Wildman–Crippen LogP) is 0.110. The Bertz CT molecular complexity index is 646. The Balaban J connectivity index is -0.0000000394. The zero-order valence-corrected chi connectivity index (χ0v) is 44.6. The molecule has 0 aromatic carbocycles. The number of rotatable bonds is 21. The fourth-order valence-electron chi connectivity index (χ4n) is 1.86. The van der Waals surface area contributed by atoms with Gasteiger partial charge in [-0.15, -0.1) is 0 Å². The zero-order chi connectivity index (χ0) is 38.3. The van der Waals surface area contributed by atoms with E-state index < -0.39 is 50.5 Å². The first-order valence-corrected chi connectivity index (χ1v) is 13.6. The van der Waals surface area contributed by atoms with Crippen molar-refractivity contribution in [1.29, 1.82) is 0 Å². The van der Waals surface area contributed by atoms with Crippen molar-refractivity contribution in [3.8, 4) is 0 Å². The van der Waals surface area contributed by atoms with Crippen molar-refractivity contribution in [2.75, 3.05) is 66.6 Å². The summed E-state index contributed by atoms with van der Waals surface area (Å²) in [6.07, 6.45) is 16.5. The first kappa shape index (κ1) is 85.9. The van der Waals surface area contributed by atoms with E-state index in [0.29, 0.717) is 0 Å². The van der Waals surface area contributed by atoms with Gasteiger partial charge in [0.15, 0.2) is 0 Å². The number of carbonyl (C=O) groups is 1. The average molecular weight is 1120 g/mol. The molecule has 5 radical (unpaired) electrons. The van der Waals surface area contributed by atoms with Crippen molar-refractivity contribution in [3.05, 3.63) is 63.3 Å². The molecule has 289 valence electrons. The summed E-state index contributed by atoms with van der Waals surface area (Å²) in [7, 11) is 1.70.